The minimum Gasteiger partial charge on any atom is -0.427 e. The average Bonchev–Trinajstić information content (AvgIpc) is 2.98. The molecule has 1 aromatic rings. The molecule has 136 valence electrons. The first-order valence-electron chi connectivity index (χ1n) is 8.85. The van der Waals surface area contributed by atoms with E-state index in [9.17, 15) is 9.59 Å². The van der Waals surface area contributed by atoms with E-state index in [0.29, 0.717) is 37.6 Å². The van der Waals surface area contributed by atoms with Gasteiger partial charge in [0, 0.05) is 38.6 Å². The minimum atomic E-state index is -0.373. The third kappa shape index (κ3) is 4.19. The predicted octanol–water partition coefficient (Wildman–Crippen LogP) is 2.41. The Kier molecular flexibility index (Phi) is 5.39. The van der Waals surface area contributed by atoms with Crippen LogP contribution in [0.3, 0.4) is 0 Å². The van der Waals surface area contributed by atoms with Crippen molar-refractivity contribution in [1.29, 1.82) is 0 Å². The quantitative estimate of drug-likeness (QED) is 0.618. The number of piperidine rings is 1. The van der Waals surface area contributed by atoms with Gasteiger partial charge in [-0.05, 0) is 44.0 Å². The van der Waals surface area contributed by atoms with E-state index in [1.165, 1.54) is 6.92 Å². The first kappa shape index (κ1) is 17.9. The van der Waals surface area contributed by atoms with Crippen LogP contribution < -0.4 is 4.74 Å². The Balaban J connectivity index is 1.56. The lowest BCUT2D eigenvalue weighted by Crippen LogP contribution is -2.46. The second kappa shape index (κ2) is 7.54. The lowest BCUT2D eigenvalue weighted by atomic mass is 9.87. The monoisotopic (exact) mass is 347 g/mol. The standard InChI is InChI=1S/C19H25NO5/c1-3-23-17-12-19(24-13-17)8-10-20(11-9-19)18(22)15-4-6-16(7-5-15)25-14(2)21/h4-7,17H,3,8-13H2,1-2H3. The van der Waals surface area contributed by atoms with Gasteiger partial charge in [0.15, 0.2) is 0 Å². The molecule has 1 amide bonds. The summed E-state index contributed by atoms with van der Waals surface area (Å²) in [7, 11) is 0. The van der Waals surface area contributed by atoms with Crippen molar-refractivity contribution in [1.82, 2.24) is 4.90 Å². The first-order chi connectivity index (χ1) is 12.0. The van der Waals surface area contributed by atoms with Crippen molar-refractivity contribution in [3.63, 3.8) is 0 Å². The molecule has 0 radical (unpaired) electrons. The van der Waals surface area contributed by atoms with Gasteiger partial charge in [0.25, 0.3) is 5.91 Å². The molecule has 0 saturated carbocycles. The maximum absolute atomic E-state index is 12.7. The number of rotatable bonds is 4. The second-order valence-electron chi connectivity index (χ2n) is 6.69. The summed E-state index contributed by atoms with van der Waals surface area (Å²) in [6, 6.07) is 6.68. The Hall–Kier alpha value is -1.92. The van der Waals surface area contributed by atoms with Gasteiger partial charge in [0.2, 0.25) is 0 Å². The van der Waals surface area contributed by atoms with E-state index in [2.05, 4.69) is 0 Å². The van der Waals surface area contributed by atoms with Crippen molar-refractivity contribution in [3.05, 3.63) is 29.8 Å². The highest BCUT2D eigenvalue weighted by atomic mass is 16.6. The number of ether oxygens (including phenoxy) is 3. The zero-order chi connectivity index (χ0) is 17.9. The van der Waals surface area contributed by atoms with E-state index in [4.69, 9.17) is 14.2 Å². The van der Waals surface area contributed by atoms with E-state index >= 15 is 0 Å². The van der Waals surface area contributed by atoms with Crippen LogP contribution in [0.1, 0.15) is 43.5 Å². The molecule has 3 rings (SSSR count). The fourth-order valence-electron chi connectivity index (χ4n) is 3.63. The first-order valence-corrected chi connectivity index (χ1v) is 8.85. The van der Waals surface area contributed by atoms with E-state index in [0.717, 1.165) is 19.3 Å². The molecule has 2 aliphatic heterocycles. The summed E-state index contributed by atoms with van der Waals surface area (Å²) >= 11 is 0. The summed E-state index contributed by atoms with van der Waals surface area (Å²) in [6.07, 6.45) is 2.78. The van der Waals surface area contributed by atoms with Crippen molar-refractivity contribution in [2.75, 3.05) is 26.3 Å². The van der Waals surface area contributed by atoms with Crippen LogP contribution in [0.15, 0.2) is 24.3 Å². The van der Waals surface area contributed by atoms with Crippen LogP contribution >= 0.6 is 0 Å². The van der Waals surface area contributed by atoms with Crippen LogP contribution in [-0.2, 0) is 14.3 Å². The fourth-order valence-corrected chi connectivity index (χ4v) is 3.63. The molecule has 2 heterocycles. The van der Waals surface area contributed by atoms with Crippen LogP contribution in [0.2, 0.25) is 0 Å². The number of likely N-dealkylation sites (tertiary alicyclic amines) is 1. The molecule has 2 fully saturated rings. The molecule has 1 aromatic carbocycles. The Bertz CT molecular complexity index is 619. The summed E-state index contributed by atoms with van der Waals surface area (Å²) < 4.78 is 16.7. The van der Waals surface area contributed by atoms with Crippen molar-refractivity contribution in [2.24, 2.45) is 0 Å². The predicted molar refractivity (Wildman–Crippen MR) is 91.6 cm³/mol. The van der Waals surface area contributed by atoms with Gasteiger partial charge < -0.3 is 19.1 Å². The van der Waals surface area contributed by atoms with Crippen LogP contribution in [0.4, 0.5) is 0 Å². The van der Waals surface area contributed by atoms with Gasteiger partial charge in [0.05, 0.1) is 18.3 Å². The van der Waals surface area contributed by atoms with E-state index < -0.39 is 0 Å². The highest BCUT2D eigenvalue weighted by Gasteiger charge is 2.43. The smallest absolute Gasteiger partial charge is 0.308 e. The normalized spacial score (nSPS) is 22.2. The summed E-state index contributed by atoms with van der Waals surface area (Å²) in [4.78, 5) is 25.5. The molecular weight excluding hydrogens is 322 g/mol. The lowest BCUT2D eigenvalue weighted by molar-refractivity contribution is -0.131. The molecule has 2 aliphatic rings. The number of esters is 1. The highest BCUT2D eigenvalue weighted by molar-refractivity contribution is 5.94. The molecule has 0 aromatic heterocycles. The van der Waals surface area contributed by atoms with Gasteiger partial charge in [-0.25, -0.2) is 0 Å². The molecule has 0 aliphatic carbocycles. The molecule has 1 atom stereocenters. The fraction of sp³-hybridized carbons (Fsp3) is 0.579. The zero-order valence-electron chi connectivity index (χ0n) is 14.8. The van der Waals surface area contributed by atoms with Crippen molar-refractivity contribution < 1.29 is 23.8 Å². The van der Waals surface area contributed by atoms with Crippen molar-refractivity contribution >= 4 is 11.9 Å². The molecule has 0 bridgehead atoms. The Labute approximate surface area is 148 Å². The van der Waals surface area contributed by atoms with Crippen molar-refractivity contribution in [2.45, 2.75) is 44.8 Å². The van der Waals surface area contributed by atoms with Gasteiger partial charge in [-0.15, -0.1) is 0 Å². The molecule has 25 heavy (non-hydrogen) atoms. The summed E-state index contributed by atoms with van der Waals surface area (Å²) in [6.45, 7) is 6.08. The SMILES string of the molecule is CCOC1COC2(CCN(C(=O)c3ccc(OC(C)=O)cc3)CC2)C1. The van der Waals surface area contributed by atoms with Gasteiger partial charge in [0.1, 0.15) is 5.75 Å². The average molecular weight is 347 g/mol. The van der Waals surface area contributed by atoms with Crippen LogP contribution in [-0.4, -0.2) is 54.8 Å². The molecule has 6 nitrogen and oxygen atoms in total. The lowest BCUT2D eigenvalue weighted by Gasteiger charge is -2.38. The van der Waals surface area contributed by atoms with Crippen LogP contribution in [0.25, 0.3) is 0 Å². The van der Waals surface area contributed by atoms with E-state index in [1.54, 1.807) is 24.3 Å². The zero-order valence-corrected chi connectivity index (χ0v) is 14.8. The third-order valence-corrected chi connectivity index (χ3v) is 4.90. The van der Waals surface area contributed by atoms with Crippen molar-refractivity contribution in [3.8, 4) is 5.75 Å². The maximum atomic E-state index is 12.7. The summed E-state index contributed by atoms with van der Waals surface area (Å²) in [5.41, 5.74) is 0.474. The Morgan fingerprint density at radius 3 is 2.52 bits per heavy atom. The van der Waals surface area contributed by atoms with Crippen LogP contribution in [0, 0.1) is 0 Å². The molecular formula is C19H25NO5. The van der Waals surface area contributed by atoms with Crippen LogP contribution in [0.5, 0.6) is 5.75 Å². The number of benzene rings is 1. The number of hydrogen-bond donors (Lipinski definition) is 0. The Morgan fingerprint density at radius 1 is 1.24 bits per heavy atom. The van der Waals surface area contributed by atoms with E-state index in [1.807, 2.05) is 11.8 Å². The minimum absolute atomic E-state index is 0.00331. The molecule has 6 heteroatoms. The van der Waals surface area contributed by atoms with Gasteiger partial charge in [-0.2, -0.15) is 0 Å². The van der Waals surface area contributed by atoms with E-state index in [-0.39, 0.29) is 23.6 Å². The maximum Gasteiger partial charge on any atom is 0.308 e. The van der Waals surface area contributed by atoms with Gasteiger partial charge in [-0.1, -0.05) is 0 Å². The topological polar surface area (TPSA) is 65.1 Å². The highest BCUT2D eigenvalue weighted by Crippen LogP contribution is 2.37. The molecule has 0 N–H and O–H groups in total. The summed E-state index contributed by atoms with van der Waals surface area (Å²) in [5, 5.41) is 0. The van der Waals surface area contributed by atoms with Gasteiger partial charge >= 0.3 is 5.97 Å². The number of carbonyl (C=O) groups excluding carboxylic acids is 2. The Morgan fingerprint density at radius 2 is 1.92 bits per heavy atom. The number of amides is 1. The second-order valence-corrected chi connectivity index (χ2v) is 6.69. The molecule has 1 spiro atoms. The largest absolute Gasteiger partial charge is 0.427 e. The van der Waals surface area contributed by atoms with Gasteiger partial charge in [-0.3, -0.25) is 9.59 Å². The number of carbonyl (C=O) groups is 2. The molecule has 1 unspecified atom stereocenters. The third-order valence-electron chi connectivity index (χ3n) is 4.90. The number of nitrogens with zero attached hydrogens (tertiary/aromatic N) is 1. The number of hydrogen-bond acceptors (Lipinski definition) is 5. The molecule has 2 saturated heterocycles. The summed E-state index contributed by atoms with van der Waals surface area (Å²) in [5.74, 6) is 0.0777.